The molecule has 0 saturated heterocycles. The third kappa shape index (κ3) is 3.74. The number of carbonyl (C=O) groups is 1. The summed E-state index contributed by atoms with van der Waals surface area (Å²) in [6, 6.07) is 13.1. The molecule has 0 saturated carbocycles. The van der Waals surface area contributed by atoms with Gasteiger partial charge in [-0.15, -0.1) is 0 Å². The molecular weight excluding hydrogens is 321 g/mol. The van der Waals surface area contributed by atoms with Crippen molar-refractivity contribution in [3.05, 3.63) is 76.1 Å². The van der Waals surface area contributed by atoms with E-state index in [4.69, 9.17) is 0 Å². The van der Waals surface area contributed by atoms with Crippen molar-refractivity contribution in [2.45, 2.75) is 26.2 Å². The van der Waals surface area contributed by atoms with Crippen LogP contribution in [0.5, 0.6) is 0 Å². The van der Waals surface area contributed by atoms with Crippen molar-refractivity contribution < 1.29 is 9.18 Å². The SMILES string of the molecule is CCCc1nc2cc(F)ccc2c(=O)n1NC(=O)Cc1ccccc1. The molecule has 3 rings (SSSR count). The van der Waals surface area contributed by atoms with Crippen molar-refractivity contribution in [3.8, 4) is 0 Å². The fourth-order valence-corrected chi connectivity index (χ4v) is 2.66. The molecule has 0 aliphatic carbocycles. The maximum Gasteiger partial charge on any atom is 0.280 e. The molecule has 25 heavy (non-hydrogen) atoms. The molecule has 1 amide bonds. The zero-order valence-corrected chi connectivity index (χ0v) is 13.8. The smallest absolute Gasteiger partial charge is 0.273 e. The van der Waals surface area contributed by atoms with Crippen LogP contribution in [0.1, 0.15) is 24.7 Å². The van der Waals surface area contributed by atoms with Gasteiger partial charge in [0.2, 0.25) is 5.91 Å². The zero-order chi connectivity index (χ0) is 17.8. The highest BCUT2D eigenvalue weighted by Gasteiger charge is 2.14. The molecule has 0 aliphatic rings. The van der Waals surface area contributed by atoms with Gasteiger partial charge in [-0.2, -0.15) is 0 Å². The van der Waals surface area contributed by atoms with Gasteiger partial charge in [0, 0.05) is 12.5 Å². The molecule has 0 spiro atoms. The van der Waals surface area contributed by atoms with Gasteiger partial charge < -0.3 is 0 Å². The van der Waals surface area contributed by atoms with Crippen LogP contribution in [0, 0.1) is 5.82 Å². The fraction of sp³-hybridized carbons (Fsp3) is 0.211. The van der Waals surface area contributed by atoms with Crippen molar-refractivity contribution in [1.82, 2.24) is 9.66 Å². The van der Waals surface area contributed by atoms with E-state index in [0.29, 0.717) is 17.8 Å². The lowest BCUT2D eigenvalue weighted by molar-refractivity contribution is -0.116. The molecule has 2 aromatic carbocycles. The Morgan fingerprint density at radius 1 is 1.20 bits per heavy atom. The summed E-state index contributed by atoms with van der Waals surface area (Å²) in [7, 11) is 0. The summed E-state index contributed by atoms with van der Waals surface area (Å²) < 4.78 is 14.6. The lowest BCUT2D eigenvalue weighted by Gasteiger charge is -2.14. The van der Waals surface area contributed by atoms with E-state index >= 15 is 0 Å². The summed E-state index contributed by atoms with van der Waals surface area (Å²) in [6.45, 7) is 1.94. The maximum absolute atomic E-state index is 13.4. The molecule has 1 aromatic heterocycles. The number of hydrogen-bond donors (Lipinski definition) is 1. The van der Waals surface area contributed by atoms with E-state index < -0.39 is 11.4 Å². The Balaban J connectivity index is 1.97. The van der Waals surface area contributed by atoms with Gasteiger partial charge >= 0.3 is 0 Å². The van der Waals surface area contributed by atoms with Crippen LogP contribution in [0.25, 0.3) is 10.9 Å². The summed E-state index contributed by atoms with van der Waals surface area (Å²) >= 11 is 0. The van der Waals surface area contributed by atoms with Crippen molar-refractivity contribution in [2.75, 3.05) is 5.43 Å². The summed E-state index contributed by atoms with van der Waals surface area (Å²) in [5, 5.41) is 0.265. The molecule has 0 atom stereocenters. The third-order valence-corrected chi connectivity index (χ3v) is 3.82. The molecule has 6 heteroatoms. The van der Waals surface area contributed by atoms with Gasteiger partial charge in [0.15, 0.2) is 0 Å². The van der Waals surface area contributed by atoms with Crippen molar-refractivity contribution in [2.24, 2.45) is 0 Å². The number of aryl methyl sites for hydroxylation is 1. The molecule has 3 aromatic rings. The first-order valence-electron chi connectivity index (χ1n) is 8.13. The quantitative estimate of drug-likeness (QED) is 0.777. The van der Waals surface area contributed by atoms with Gasteiger partial charge in [-0.05, 0) is 24.1 Å². The van der Waals surface area contributed by atoms with Gasteiger partial charge in [-0.3, -0.25) is 15.0 Å². The van der Waals surface area contributed by atoms with Crippen LogP contribution in [-0.2, 0) is 17.6 Å². The molecule has 0 radical (unpaired) electrons. The summed E-state index contributed by atoms with van der Waals surface area (Å²) in [5.41, 5.74) is 3.36. The third-order valence-electron chi connectivity index (χ3n) is 3.82. The Hall–Kier alpha value is -3.02. The summed E-state index contributed by atoms with van der Waals surface area (Å²) in [5.74, 6) is -0.353. The lowest BCUT2D eigenvalue weighted by Crippen LogP contribution is -2.37. The monoisotopic (exact) mass is 339 g/mol. The number of benzene rings is 2. The molecule has 0 bridgehead atoms. The number of carbonyl (C=O) groups excluding carboxylic acids is 1. The predicted molar refractivity (Wildman–Crippen MR) is 94.5 cm³/mol. The molecule has 5 nitrogen and oxygen atoms in total. The largest absolute Gasteiger partial charge is 0.280 e. The van der Waals surface area contributed by atoms with Gasteiger partial charge in [0.05, 0.1) is 17.3 Å². The first kappa shape index (κ1) is 16.8. The van der Waals surface area contributed by atoms with E-state index in [1.165, 1.54) is 22.9 Å². The second kappa shape index (κ2) is 7.25. The minimum Gasteiger partial charge on any atom is -0.273 e. The Morgan fingerprint density at radius 3 is 2.68 bits per heavy atom. The normalized spacial score (nSPS) is 10.8. The van der Waals surface area contributed by atoms with E-state index in [1.54, 1.807) is 0 Å². The van der Waals surface area contributed by atoms with Crippen LogP contribution in [0.15, 0.2) is 53.3 Å². The van der Waals surface area contributed by atoms with E-state index in [1.807, 2.05) is 37.3 Å². The van der Waals surface area contributed by atoms with E-state index in [9.17, 15) is 14.0 Å². The number of amides is 1. The standard InChI is InChI=1S/C19H18FN3O2/c1-2-6-17-21-16-12-14(20)9-10-15(16)19(25)23(17)22-18(24)11-13-7-4-3-5-8-13/h3-5,7-10,12H,2,6,11H2,1H3,(H,22,24). The summed E-state index contributed by atoms with van der Waals surface area (Å²) in [6.07, 6.45) is 1.38. The Kier molecular flexibility index (Phi) is 4.88. The molecule has 1 heterocycles. The van der Waals surface area contributed by atoms with Crippen LogP contribution in [0.4, 0.5) is 4.39 Å². The number of nitrogens with one attached hydrogen (secondary N) is 1. The summed E-state index contributed by atoms with van der Waals surface area (Å²) in [4.78, 5) is 29.4. The van der Waals surface area contributed by atoms with E-state index in [2.05, 4.69) is 10.4 Å². The molecule has 0 aliphatic heterocycles. The van der Waals surface area contributed by atoms with Crippen LogP contribution >= 0.6 is 0 Å². The number of nitrogens with zero attached hydrogens (tertiary/aromatic N) is 2. The minimum absolute atomic E-state index is 0.153. The first-order valence-corrected chi connectivity index (χ1v) is 8.13. The van der Waals surface area contributed by atoms with E-state index in [-0.39, 0.29) is 17.7 Å². The fourth-order valence-electron chi connectivity index (χ4n) is 2.66. The second-order valence-corrected chi connectivity index (χ2v) is 5.78. The lowest BCUT2D eigenvalue weighted by atomic mass is 10.1. The van der Waals surface area contributed by atoms with Crippen molar-refractivity contribution in [1.29, 1.82) is 0 Å². The van der Waals surface area contributed by atoms with Crippen molar-refractivity contribution in [3.63, 3.8) is 0 Å². The van der Waals surface area contributed by atoms with Gasteiger partial charge in [0.1, 0.15) is 11.6 Å². The molecule has 0 fully saturated rings. The number of fused-ring (bicyclic) bond motifs is 1. The van der Waals surface area contributed by atoms with Crippen LogP contribution in [0.2, 0.25) is 0 Å². The number of aromatic nitrogens is 2. The average molecular weight is 339 g/mol. The highest BCUT2D eigenvalue weighted by atomic mass is 19.1. The van der Waals surface area contributed by atoms with Crippen LogP contribution in [0.3, 0.4) is 0 Å². The first-order chi connectivity index (χ1) is 12.1. The Labute approximate surface area is 144 Å². The number of rotatable bonds is 5. The molecule has 1 N–H and O–H groups in total. The number of halogens is 1. The van der Waals surface area contributed by atoms with Gasteiger partial charge in [-0.25, -0.2) is 14.1 Å². The molecule has 128 valence electrons. The van der Waals surface area contributed by atoms with E-state index in [0.717, 1.165) is 12.0 Å². The Morgan fingerprint density at radius 2 is 1.96 bits per heavy atom. The molecule has 0 unspecified atom stereocenters. The maximum atomic E-state index is 13.4. The minimum atomic E-state index is -0.451. The molecular formula is C19H18FN3O2. The van der Waals surface area contributed by atoms with Gasteiger partial charge in [-0.1, -0.05) is 37.3 Å². The predicted octanol–water partition coefficient (Wildman–Crippen LogP) is 2.80. The van der Waals surface area contributed by atoms with Gasteiger partial charge in [0.25, 0.3) is 5.56 Å². The topological polar surface area (TPSA) is 64.0 Å². The highest BCUT2D eigenvalue weighted by molar-refractivity contribution is 5.86. The van der Waals surface area contributed by atoms with Crippen molar-refractivity contribution >= 4 is 16.8 Å². The van der Waals surface area contributed by atoms with Crippen LogP contribution < -0.4 is 11.0 Å². The zero-order valence-electron chi connectivity index (χ0n) is 13.8. The van der Waals surface area contributed by atoms with Crippen LogP contribution in [-0.4, -0.2) is 15.6 Å². The number of hydrogen-bond acceptors (Lipinski definition) is 3. The second-order valence-electron chi connectivity index (χ2n) is 5.78. The Bertz CT molecular complexity index is 968. The highest BCUT2D eigenvalue weighted by Crippen LogP contribution is 2.11. The average Bonchev–Trinajstić information content (AvgIpc) is 2.59.